The lowest BCUT2D eigenvalue weighted by Crippen LogP contribution is -2.15. The van der Waals surface area contributed by atoms with Crippen LogP contribution in [-0.4, -0.2) is 27.6 Å². The van der Waals surface area contributed by atoms with Gasteiger partial charge in [0.2, 0.25) is 5.89 Å². The molecule has 2 aromatic rings. The van der Waals surface area contributed by atoms with Gasteiger partial charge in [0.05, 0.1) is 11.7 Å². The van der Waals surface area contributed by atoms with E-state index in [2.05, 4.69) is 25.8 Å². The van der Waals surface area contributed by atoms with Gasteiger partial charge in [-0.1, -0.05) is 5.16 Å². The molecule has 1 aliphatic carbocycles. The second-order valence-corrected chi connectivity index (χ2v) is 6.27. The summed E-state index contributed by atoms with van der Waals surface area (Å²) < 4.78 is 5.16. The number of rotatable bonds is 4. The van der Waals surface area contributed by atoms with Gasteiger partial charge in [0.25, 0.3) is 11.7 Å². The Morgan fingerprint density at radius 2 is 2.29 bits per heavy atom. The van der Waals surface area contributed by atoms with Crippen LogP contribution in [0.4, 0.5) is 5.13 Å². The van der Waals surface area contributed by atoms with E-state index >= 15 is 0 Å². The molecule has 3 heterocycles. The molecular weight excluding hydrogens is 290 g/mol. The molecule has 8 heteroatoms. The van der Waals surface area contributed by atoms with Crippen LogP contribution in [0, 0.1) is 0 Å². The van der Waals surface area contributed by atoms with Crippen LogP contribution >= 0.6 is 11.3 Å². The summed E-state index contributed by atoms with van der Waals surface area (Å²) in [6.07, 6.45) is 4.43. The van der Waals surface area contributed by atoms with Crippen LogP contribution in [0.2, 0.25) is 0 Å². The first kappa shape index (κ1) is 12.9. The fourth-order valence-corrected chi connectivity index (χ4v) is 3.21. The monoisotopic (exact) mass is 305 g/mol. The smallest absolute Gasteiger partial charge is 0.298 e. The normalized spacial score (nSPS) is 21.6. The van der Waals surface area contributed by atoms with E-state index in [0.29, 0.717) is 16.9 Å². The second-order valence-electron chi connectivity index (χ2n) is 5.41. The van der Waals surface area contributed by atoms with Crippen molar-refractivity contribution in [3.8, 4) is 0 Å². The predicted molar refractivity (Wildman–Crippen MR) is 76.3 cm³/mol. The van der Waals surface area contributed by atoms with Gasteiger partial charge in [-0.3, -0.25) is 10.1 Å². The number of carbonyl (C=O) groups is 1. The van der Waals surface area contributed by atoms with Crippen molar-refractivity contribution in [1.29, 1.82) is 0 Å². The molecule has 7 nitrogen and oxygen atoms in total. The van der Waals surface area contributed by atoms with Crippen molar-refractivity contribution < 1.29 is 9.32 Å². The lowest BCUT2D eigenvalue weighted by molar-refractivity contribution is 0.101. The Morgan fingerprint density at radius 1 is 1.38 bits per heavy atom. The van der Waals surface area contributed by atoms with Crippen molar-refractivity contribution in [3.05, 3.63) is 22.8 Å². The SMILES string of the molecule is O=C(Nc1nc(C2CC2)cs1)c1noc(C2CCCN2)n1. The fraction of sp³-hybridized carbons (Fsp3) is 0.538. The minimum atomic E-state index is -0.375. The van der Waals surface area contributed by atoms with Crippen molar-refractivity contribution in [3.63, 3.8) is 0 Å². The van der Waals surface area contributed by atoms with Crippen LogP contribution in [0.15, 0.2) is 9.90 Å². The molecule has 2 fully saturated rings. The first-order valence-electron chi connectivity index (χ1n) is 7.13. The zero-order valence-electron chi connectivity index (χ0n) is 11.3. The van der Waals surface area contributed by atoms with Crippen LogP contribution < -0.4 is 10.6 Å². The van der Waals surface area contributed by atoms with Crippen molar-refractivity contribution in [1.82, 2.24) is 20.4 Å². The summed E-state index contributed by atoms with van der Waals surface area (Å²) >= 11 is 1.43. The number of thiazole rings is 1. The molecule has 0 aromatic carbocycles. The molecule has 4 rings (SSSR count). The zero-order valence-corrected chi connectivity index (χ0v) is 12.2. The van der Waals surface area contributed by atoms with Gasteiger partial charge in [-0.2, -0.15) is 4.98 Å². The van der Waals surface area contributed by atoms with E-state index in [-0.39, 0.29) is 17.8 Å². The Hall–Kier alpha value is -1.80. The van der Waals surface area contributed by atoms with Gasteiger partial charge in [0, 0.05) is 11.3 Å². The molecule has 0 spiro atoms. The van der Waals surface area contributed by atoms with E-state index in [4.69, 9.17) is 4.52 Å². The molecule has 1 atom stereocenters. The highest BCUT2D eigenvalue weighted by Crippen LogP contribution is 2.40. The van der Waals surface area contributed by atoms with E-state index in [1.165, 1.54) is 24.2 Å². The largest absolute Gasteiger partial charge is 0.337 e. The number of nitrogens with one attached hydrogen (secondary N) is 2. The standard InChI is InChI=1S/C13H15N5O2S/c19-11(17-13-15-9(6-21-13)7-3-4-7)10-16-12(20-18-10)8-2-1-5-14-8/h6-8,14H,1-5H2,(H,15,17,19). The molecule has 21 heavy (non-hydrogen) atoms. The lowest BCUT2D eigenvalue weighted by atomic mass is 10.2. The van der Waals surface area contributed by atoms with Gasteiger partial charge in [-0.15, -0.1) is 11.3 Å². The number of carbonyl (C=O) groups excluding carboxylic acids is 1. The maximum atomic E-state index is 12.1. The number of hydrogen-bond donors (Lipinski definition) is 2. The maximum Gasteiger partial charge on any atom is 0.298 e. The van der Waals surface area contributed by atoms with E-state index < -0.39 is 0 Å². The number of nitrogens with zero attached hydrogens (tertiary/aromatic N) is 3. The molecule has 110 valence electrons. The molecule has 1 saturated carbocycles. The minimum absolute atomic E-state index is 0.0573. The quantitative estimate of drug-likeness (QED) is 0.898. The fourth-order valence-electron chi connectivity index (χ4n) is 2.43. The number of anilines is 1. The summed E-state index contributed by atoms with van der Waals surface area (Å²) in [7, 11) is 0. The Bertz CT molecular complexity index is 657. The highest BCUT2D eigenvalue weighted by molar-refractivity contribution is 7.14. The van der Waals surface area contributed by atoms with Crippen LogP contribution in [0.3, 0.4) is 0 Å². The maximum absolute atomic E-state index is 12.1. The number of amides is 1. The molecule has 1 saturated heterocycles. The molecule has 2 aliphatic rings. The second kappa shape index (κ2) is 5.19. The van der Waals surface area contributed by atoms with E-state index in [9.17, 15) is 4.79 Å². The Labute approximate surface area is 125 Å². The van der Waals surface area contributed by atoms with Gasteiger partial charge in [-0.25, -0.2) is 4.98 Å². The average molecular weight is 305 g/mol. The van der Waals surface area contributed by atoms with Crippen LogP contribution in [0.25, 0.3) is 0 Å². The number of hydrogen-bond acceptors (Lipinski definition) is 7. The molecule has 0 radical (unpaired) electrons. The molecule has 1 aliphatic heterocycles. The van der Waals surface area contributed by atoms with Crippen molar-refractivity contribution in [2.24, 2.45) is 0 Å². The third kappa shape index (κ3) is 2.68. The van der Waals surface area contributed by atoms with Crippen LogP contribution in [0.1, 0.15) is 59.8 Å². The molecule has 2 aromatic heterocycles. The summed E-state index contributed by atoms with van der Waals surface area (Å²) in [4.78, 5) is 20.7. The predicted octanol–water partition coefficient (Wildman–Crippen LogP) is 2.08. The van der Waals surface area contributed by atoms with Gasteiger partial charge < -0.3 is 9.84 Å². The van der Waals surface area contributed by atoms with E-state index in [1.54, 1.807) is 0 Å². The third-order valence-corrected chi connectivity index (χ3v) is 4.52. The topological polar surface area (TPSA) is 92.9 Å². The first-order chi connectivity index (χ1) is 10.3. The Morgan fingerprint density at radius 3 is 3.05 bits per heavy atom. The minimum Gasteiger partial charge on any atom is -0.337 e. The Balaban J connectivity index is 1.43. The van der Waals surface area contributed by atoms with E-state index in [1.807, 2.05) is 5.38 Å². The average Bonchev–Trinajstić information content (AvgIpc) is 2.94. The summed E-state index contributed by atoms with van der Waals surface area (Å²) in [5, 5.41) is 12.3. The summed E-state index contributed by atoms with van der Waals surface area (Å²) in [6.45, 7) is 0.942. The highest BCUT2D eigenvalue weighted by atomic mass is 32.1. The molecule has 1 amide bonds. The van der Waals surface area contributed by atoms with Gasteiger partial charge >= 0.3 is 0 Å². The van der Waals surface area contributed by atoms with Crippen molar-refractivity contribution in [2.75, 3.05) is 11.9 Å². The molecule has 2 N–H and O–H groups in total. The van der Waals surface area contributed by atoms with Crippen molar-refractivity contribution in [2.45, 2.75) is 37.6 Å². The highest BCUT2D eigenvalue weighted by Gasteiger charge is 2.27. The number of aromatic nitrogens is 3. The lowest BCUT2D eigenvalue weighted by Gasteiger charge is -2.01. The van der Waals surface area contributed by atoms with Crippen LogP contribution in [-0.2, 0) is 0 Å². The zero-order chi connectivity index (χ0) is 14.2. The summed E-state index contributed by atoms with van der Waals surface area (Å²) in [5.41, 5.74) is 1.07. The summed E-state index contributed by atoms with van der Waals surface area (Å²) in [5.74, 6) is 0.745. The molecular formula is C13H15N5O2S. The summed E-state index contributed by atoms with van der Waals surface area (Å²) in [6, 6.07) is 0.0698. The van der Waals surface area contributed by atoms with Crippen LogP contribution in [0.5, 0.6) is 0 Å². The van der Waals surface area contributed by atoms with Crippen molar-refractivity contribution >= 4 is 22.4 Å². The van der Waals surface area contributed by atoms with Gasteiger partial charge in [0.15, 0.2) is 5.13 Å². The van der Waals surface area contributed by atoms with Gasteiger partial charge in [0.1, 0.15) is 0 Å². The third-order valence-electron chi connectivity index (χ3n) is 3.74. The molecule has 0 bridgehead atoms. The van der Waals surface area contributed by atoms with E-state index in [0.717, 1.165) is 25.1 Å². The first-order valence-corrected chi connectivity index (χ1v) is 8.01. The molecule has 1 unspecified atom stereocenters. The van der Waals surface area contributed by atoms with Gasteiger partial charge in [-0.05, 0) is 32.2 Å². The Kier molecular flexibility index (Phi) is 3.19.